The number of aliphatic carboxylic acids is 2. The first kappa shape index (κ1) is 12.7. The lowest BCUT2D eigenvalue weighted by molar-refractivity contribution is -0.146. The van der Waals surface area contributed by atoms with Gasteiger partial charge in [0.15, 0.2) is 0 Å². The van der Waals surface area contributed by atoms with E-state index in [0.29, 0.717) is 0 Å². The number of carbonyl (C=O) groups is 2. The molecule has 0 rings (SSSR count). The van der Waals surface area contributed by atoms with Gasteiger partial charge in [0.25, 0.3) is 0 Å². The van der Waals surface area contributed by atoms with Crippen LogP contribution in [0.4, 0.5) is 0 Å². The molecule has 0 aromatic rings. The second-order valence-electron chi connectivity index (χ2n) is 3.11. The Morgan fingerprint density at radius 3 is 2.43 bits per heavy atom. The summed E-state index contributed by atoms with van der Waals surface area (Å²) in [6.45, 7) is 2.04. The lowest BCUT2D eigenvalue weighted by Crippen LogP contribution is -2.15. The zero-order chi connectivity index (χ0) is 11.0. The zero-order valence-electron chi connectivity index (χ0n) is 8.27. The summed E-state index contributed by atoms with van der Waals surface area (Å²) in [5.74, 6) is -3.07. The maximum atomic E-state index is 10.6. The Kier molecular flexibility index (Phi) is 6.45. The second kappa shape index (κ2) is 7.12. The van der Waals surface area contributed by atoms with Gasteiger partial charge in [-0.25, -0.2) is 0 Å². The number of hydrogen-bond acceptors (Lipinski definition) is 2. The van der Waals surface area contributed by atoms with Crippen molar-refractivity contribution in [1.29, 1.82) is 0 Å². The van der Waals surface area contributed by atoms with E-state index in [4.69, 9.17) is 10.2 Å². The highest BCUT2D eigenvalue weighted by molar-refractivity contribution is 5.79. The molecular weight excluding hydrogens is 184 g/mol. The Labute approximate surface area is 83.2 Å². The fourth-order valence-corrected chi connectivity index (χ4v) is 1.01. The minimum Gasteiger partial charge on any atom is -0.481 e. The van der Waals surface area contributed by atoms with Crippen LogP contribution in [0, 0.1) is 5.92 Å². The molecule has 0 saturated carbocycles. The average molecular weight is 200 g/mol. The van der Waals surface area contributed by atoms with E-state index in [-0.39, 0.29) is 6.42 Å². The summed E-state index contributed by atoms with van der Waals surface area (Å²) in [6.07, 6.45) is 5.70. The quantitative estimate of drug-likeness (QED) is 0.486. The standard InChI is InChI=1S/C10H16O4/c1-2-3-4-5-6-8(10(13)14)7-9(11)12/h5-6,8H,2-4,7H2,1H3,(H,11,12)(H,13,14)/b6-5+. The summed E-state index contributed by atoms with van der Waals surface area (Å²) in [7, 11) is 0. The highest BCUT2D eigenvalue weighted by Crippen LogP contribution is 2.07. The predicted molar refractivity (Wildman–Crippen MR) is 52.0 cm³/mol. The fourth-order valence-electron chi connectivity index (χ4n) is 1.01. The van der Waals surface area contributed by atoms with E-state index < -0.39 is 17.9 Å². The molecule has 0 amide bonds. The molecule has 0 fully saturated rings. The van der Waals surface area contributed by atoms with Crippen molar-refractivity contribution in [3.63, 3.8) is 0 Å². The van der Waals surface area contributed by atoms with Crippen LogP contribution in [0.5, 0.6) is 0 Å². The average Bonchev–Trinajstić information content (AvgIpc) is 2.09. The van der Waals surface area contributed by atoms with Crippen molar-refractivity contribution < 1.29 is 19.8 Å². The van der Waals surface area contributed by atoms with E-state index in [1.54, 1.807) is 6.08 Å². The van der Waals surface area contributed by atoms with Gasteiger partial charge in [-0.05, 0) is 6.42 Å². The smallest absolute Gasteiger partial charge is 0.310 e. The Balaban J connectivity index is 4.02. The van der Waals surface area contributed by atoms with Crippen LogP contribution < -0.4 is 0 Å². The third-order valence-corrected chi connectivity index (χ3v) is 1.80. The molecule has 1 atom stereocenters. The summed E-state index contributed by atoms with van der Waals surface area (Å²) in [4.78, 5) is 20.9. The third-order valence-electron chi connectivity index (χ3n) is 1.80. The Morgan fingerprint density at radius 2 is 2.00 bits per heavy atom. The third kappa shape index (κ3) is 6.22. The predicted octanol–water partition coefficient (Wildman–Crippen LogP) is 1.91. The summed E-state index contributed by atoms with van der Waals surface area (Å²) < 4.78 is 0. The van der Waals surface area contributed by atoms with Crippen LogP contribution in [-0.2, 0) is 9.59 Å². The Hall–Kier alpha value is -1.32. The van der Waals surface area contributed by atoms with Crippen molar-refractivity contribution in [1.82, 2.24) is 0 Å². The molecule has 14 heavy (non-hydrogen) atoms. The van der Waals surface area contributed by atoms with E-state index in [1.165, 1.54) is 6.08 Å². The van der Waals surface area contributed by atoms with Crippen LogP contribution in [0.15, 0.2) is 12.2 Å². The van der Waals surface area contributed by atoms with Crippen molar-refractivity contribution in [2.75, 3.05) is 0 Å². The number of carboxylic acid groups (broad SMARTS) is 2. The maximum absolute atomic E-state index is 10.6. The van der Waals surface area contributed by atoms with Gasteiger partial charge in [0.2, 0.25) is 0 Å². The second-order valence-corrected chi connectivity index (χ2v) is 3.11. The van der Waals surface area contributed by atoms with E-state index in [9.17, 15) is 9.59 Å². The summed E-state index contributed by atoms with van der Waals surface area (Å²) in [5.41, 5.74) is 0. The van der Waals surface area contributed by atoms with Crippen molar-refractivity contribution in [3.05, 3.63) is 12.2 Å². The number of allylic oxidation sites excluding steroid dienone is 1. The molecule has 0 spiro atoms. The molecule has 1 unspecified atom stereocenters. The highest BCUT2D eigenvalue weighted by atomic mass is 16.4. The molecule has 4 heteroatoms. The molecule has 0 aliphatic rings. The summed E-state index contributed by atoms with van der Waals surface area (Å²) in [6, 6.07) is 0. The lowest BCUT2D eigenvalue weighted by atomic mass is 10.0. The van der Waals surface area contributed by atoms with Gasteiger partial charge in [0.1, 0.15) is 0 Å². The molecule has 0 saturated heterocycles. The molecule has 80 valence electrons. The fraction of sp³-hybridized carbons (Fsp3) is 0.600. The maximum Gasteiger partial charge on any atom is 0.310 e. The van der Waals surface area contributed by atoms with Crippen molar-refractivity contribution in [2.45, 2.75) is 32.6 Å². The molecule has 0 bridgehead atoms. The van der Waals surface area contributed by atoms with Crippen LogP contribution in [-0.4, -0.2) is 22.2 Å². The van der Waals surface area contributed by atoms with E-state index in [0.717, 1.165) is 19.3 Å². The molecule has 0 aromatic heterocycles. The van der Waals surface area contributed by atoms with Gasteiger partial charge in [-0.1, -0.05) is 31.9 Å². The van der Waals surface area contributed by atoms with Gasteiger partial charge in [0.05, 0.1) is 12.3 Å². The molecule has 4 nitrogen and oxygen atoms in total. The van der Waals surface area contributed by atoms with Gasteiger partial charge in [0, 0.05) is 0 Å². The normalized spacial score (nSPS) is 12.9. The van der Waals surface area contributed by atoms with Gasteiger partial charge in [-0.2, -0.15) is 0 Å². The summed E-state index contributed by atoms with van der Waals surface area (Å²) >= 11 is 0. The van der Waals surface area contributed by atoms with Crippen molar-refractivity contribution in [3.8, 4) is 0 Å². The van der Waals surface area contributed by atoms with Gasteiger partial charge in [-0.3, -0.25) is 9.59 Å². The van der Waals surface area contributed by atoms with Crippen molar-refractivity contribution in [2.24, 2.45) is 5.92 Å². The first-order chi connectivity index (χ1) is 6.57. The van der Waals surface area contributed by atoms with Crippen LogP contribution >= 0.6 is 0 Å². The van der Waals surface area contributed by atoms with Crippen molar-refractivity contribution >= 4 is 11.9 Å². The minimum atomic E-state index is -1.09. The van der Waals surface area contributed by atoms with Crippen LogP contribution in [0.1, 0.15) is 32.6 Å². The lowest BCUT2D eigenvalue weighted by Gasteiger charge is -2.02. The monoisotopic (exact) mass is 200 g/mol. The number of hydrogen-bond donors (Lipinski definition) is 2. The number of carboxylic acids is 2. The summed E-state index contributed by atoms with van der Waals surface area (Å²) in [5, 5.41) is 17.1. The zero-order valence-corrected chi connectivity index (χ0v) is 8.27. The molecular formula is C10H16O4. The van der Waals surface area contributed by atoms with E-state index in [1.807, 2.05) is 6.92 Å². The molecule has 0 heterocycles. The first-order valence-corrected chi connectivity index (χ1v) is 4.69. The molecule has 0 aromatic carbocycles. The van der Waals surface area contributed by atoms with Gasteiger partial charge in [-0.15, -0.1) is 0 Å². The molecule has 0 aliphatic carbocycles. The molecule has 0 radical (unpaired) electrons. The largest absolute Gasteiger partial charge is 0.481 e. The van der Waals surface area contributed by atoms with Crippen LogP contribution in [0.25, 0.3) is 0 Å². The molecule has 0 aliphatic heterocycles. The van der Waals surface area contributed by atoms with Crippen LogP contribution in [0.3, 0.4) is 0 Å². The highest BCUT2D eigenvalue weighted by Gasteiger charge is 2.17. The topological polar surface area (TPSA) is 74.6 Å². The first-order valence-electron chi connectivity index (χ1n) is 4.69. The number of unbranched alkanes of at least 4 members (excludes halogenated alkanes) is 2. The Morgan fingerprint density at radius 1 is 1.36 bits per heavy atom. The molecule has 2 N–H and O–H groups in total. The Bertz CT molecular complexity index is 220. The van der Waals surface area contributed by atoms with Crippen LogP contribution in [0.2, 0.25) is 0 Å². The number of rotatable bonds is 7. The van der Waals surface area contributed by atoms with E-state index in [2.05, 4.69) is 0 Å². The minimum absolute atomic E-state index is 0.349. The van der Waals surface area contributed by atoms with Gasteiger partial charge >= 0.3 is 11.9 Å². The van der Waals surface area contributed by atoms with E-state index >= 15 is 0 Å². The SMILES string of the molecule is CCCC/C=C/C(CC(=O)O)C(=O)O. The van der Waals surface area contributed by atoms with Gasteiger partial charge < -0.3 is 10.2 Å².